The molecule has 0 amide bonds. The summed E-state index contributed by atoms with van der Waals surface area (Å²) >= 11 is 0. The fraction of sp³-hybridized carbons (Fsp3) is 0.286. The van der Waals surface area contributed by atoms with E-state index in [4.69, 9.17) is 9.47 Å². The third kappa shape index (κ3) is 2.08. The van der Waals surface area contributed by atoms with Crippen LogP contribution in [0.5, 0.6) is 0 Å². The molecule has 2 nitrogen and oxygen atoms in total. The van der Waals surface area contributed by atoms with E-state index in [0.717, 1.165) is 0 Å². The molecule has 2 aromatic carbocycles. The van der Waals surface area contributed by atoms with Crippen LogP contribution >= 0.6 is 0 Å². The van der Waals surface area contributed by atoms with Gasteiger partial charge in [0, 0.05) is 14.2 Å². The van der Waals surface area contributed by atoms with E-state index >= 15 is 0 Å². The summed E-state index contributed by atoms with van der Waals surface area (Å²) < 4.78 is 10.5. The maximum Gasteiger partial charge on any atom is 0.0722 e. The summed E-state index contributed by atoms with van der Waals surface area (Å²) in [5, 5.41) is 2.49. The zero-order valence-corrected chi connectivity index (χ0v) is 9.69. The van der Waals surface area contributed by atoms with Gasteiger partial charge in [-0.2, -0.15) is 0 Å². The van der Waals surface area contributed by atoms with Gasteiger partial charge in [0.05, 0.1) is 13.2 Å². The van der Waals surface area contributed by atoms with Crippen molar-refractivity contribution in [2.45, 2.75) is 13.2 Å². The molecule has 0 radical (unpaired) electrons. The minimum absolute atomic E-state index is 0.625. The third-order valence-electron chi connectivity index (χ3n) is 2.73. The highest BCUT2D eigenvalue weighted by molar-refractivity contribution is 5.86. The number of hydrogen-bond acceptors (Lipinski definition) is 2. The molecule has 0 aliphatic carbocycles. The quantitative estimate of drug-likeness (QED) is 0.781. The van der Waals surface area contributed by atoms with Crippen LogP contribution in [0.1, 0.15) is 11.1 Å². The molecule has 0 saturated heterocycles. The maximum atomic E-state index is 5.27. The third-order valence-corrected chi connectivity index (χ3v) is 2.73. The molecule has 0 spiro atoms. The molecule has 84 valence electrons. The second-order valence-electron chi connectivity index (χ2n) is 3.79. The van der Waals surface area contributed by atoms with Gasteiger partial charge in [0.25, 0.3) is 0 Å². The molecule has 0 saturated carbocycles. The zero-order valence-electron chi connectivity index (χ0n) is 9.69. The van der Waals surface area contributed by atoms with Crippen LogP contribution in [-0.4, -0.2) is 14.2 Å². The summed E-state index contributed by atoms with van der Waals surface area (Å²) in [6, 6.07) is 12.6. The molecule has 0 fully saturated rings. The van der Waals surface area contributed by atoms with E-state index < -0.39 is 0 Å². The first-order valence-electron chi connectivity index (χ1n) is 5.34. The molecule has 0 bridgehead atoms. The van der Waals surface area contributed by atoms with Crippen LogP contribution in [0.25, 0.3) is 10.8 Å². The molecular weight excluding hydrogens is 200 g/mol. The van der Waals surface area contributed by atoms with Gasteiger partial charge >= 0.3 is 0 Å². The van der Waals surface area contributed by atoms with E-state index in [9.17, 15) is 0 Å². The Kier molecular flexibility index (Phi) is 3.54. The summed E-state index contributed by atoms with van der Waals surface area (Å²) in [4.78, 5) is 0. The smallest absolute Gasteiger partial charge is 0.0722 e. The van der Waals surface area contributed by atoms with Crippen molar-refractivity contribution in [1.29, 1.82) is 0 Å². The normalized spacial score (nSPS) is 10.9. The molecule has 2 rings (SSSR count). The Balaban J connectivity index is 2.58. The number of methoxy groups -OCH3 is 2. The van der Waals surface area contributed by atoms with Crippen LogP contribution < -0.4 is 0 Å². The highest BCUT2D eigenvalue weighted by atomic mass is 16.5. The highest BCUT2D eigenvalue weighted by Crippen LogP contribution is 2.23. The predicted molar refractivity (Wildman–Crippen MR) is 65.4 cm³/mol. The van der Waals surface area contributed by atoms with Crippen molar-refractivity contribution in [3.63, 3.8) is 0 Å². The van der Waals surface area contributed by atoms with Crippen molar-refractivity contribution in [2.75, 3.05) is 14.2 Å². The average Bonchev–Trinajstić information content (AvgIpc) is 2.32. The van der Waals surface area contributed by atoms with E-state index in [-0.39, 0.29) is 0 Å². The molecule has 0 atom stereocenters. The highest BCUT2D eigenvalue weighted by Gasteiger charge is 2.06. The van der Waals surface area contributed by atoms with Crippen LogP contribution in [0.4, 0.5) is 0 Å². The fourth-order valence-electron chi connectivity index (χ4n) is 1.99. The summed E-state index contributed by atoms with van der Waals surface area (Å²) in [6.45, 7) is 1.25. The molecule has 16 heavy (non-hydrogen) atoms. The minimum Gasteiger partial charge on any atom is -0.380 e. The van der Waals surface area contributed by atoms with Crippen molar-refractivity contribution < 1.29 is 9.47 Å². The van der Waals surface area contributed by atoms with Crippen LogP contribution in [0, 0.1) is 0 Å². The first-order valence-corrected chi connectivity index (χ1v) is 5.34. The van der Waals surface area contributed by atoms with Gasteiger partial charge in [-0.05, 0) is 21.9 Å². The Labute approximate surface area is 95.8 Å². The Morgan fingerprint density at radius 1 is 0.875 bits per heavy atom. The van der Waals surface area contributed by atoms with Gasteiger partial charge in [-0.15, -0.1) is 0 Å². The van der Waals surface area contributed by atoms with Gasteiger partial charge in [0.15, 0.2) is 0 Å². The molecule has 0 unspecified atom stereocenters. The lowest BCUT2D eigenvalue weighted by Crippen LogP contribution is -1.98. The monoisotopic (exact) mass is 216 g/mol. The number of benzene rings is 2. The number of hydrogen-bond donors (Lipinski definition) is 0. The lowest BCUT2D eigenvalue weighted by molar-refractivity contribution is 0.169. The van der Waals surface area contributed by atoms with Crippen molar-refractivity contribution in [2.24, 2.45) is 0 Å². The van der Waals surface area contributed by atoms with Gasteiger partial charge in [-0.25, -0.2) is 0 Å². The van der Waals surface area contributed by atoms with Gasteiger partial charge in [0.2, 0.25) is 0 Å². The van der Waals surface area contributed by atoms with E-state index in [0.29, 0.717) is 13.2 Å². The molecule has 0 aliphatic heterocycles. The number of fused-ring (bicyclic) bond motifs is 1. The van der Waals surface area contributed by atoms with E-state index in [1.54, 1.807) is 14.2 Å². The molecule has 0 N–H and O–H groups in total. The first-order chi connectivity index (χ1) is 7.86. The van der Waals surface area contributed by atoms with Crippen molar-refractivity contribution in [1.82, 2.24) is 0 Å². The molecule has 2 heteroatoms. The molecule has 0 heterocycles. The van der Waals surface area contributed by atoms with E-state index in [1.807, 2.05) is 0 Å². The van der Waals surface area contributed by atoms with Crippen molar-refractivity contribution in [3.05, 3.63) is 47.5 Å². The summed E-state index contributed by atoms with van der Waals surface area (Å²) in [6.07, 6.45) is 0. The molecular formula is C14H16O2. The molecule has 0 aliphatic rings. The topological polar surface area (TPSA) is 18.5 Å². The number of rotatable bonds is 4. The predicted octanol–water partition coefficient (Wildman–Crippen LogP) is 3.13. The lowest BCUT2D eigenvalue weighted by Gasteiger charge is -2.11. The van der Waals surface area contributed by atoms with Crippen LogP contribution in [0.3, 0.4) is 0 Å². The number of ether oxygens (including phenoxy) is 2. The summed E-state index contributed by atoms with van der Waals surface area (Å²) in [5.41, 5.74) is 2.42. The molecule has 2 aromatic rings. The average molecular weight is 216 g/mol. The lowest BCUT2D eigenvalue weighted by atomic mass is 10.00. The Morgan fingerprint density at radius 3 is 2.38 bits per heavy atom. The Morgan fingerprint density at radius 2 is 1.62 bits per heavy atom. The van der Waals surface area contributed by atoms with Crippen molar-refractivity contribution >= 4 is 10.8 Å². The first kappa shape index (κ1) is 11.1. The second-order valence-corrected chi connectivity index (χ2v) is 3.79. The Bertz CT molecular complexity index is 477. The summed E-state index contributed by atoms with van der Waals surface area (Å²) in [5.74, 6) is 0. The SMILES string of the molecule is COCc1ccc2ccccc2c1COC. The van der Waals surface area contributed by atoms with Gasteiger partial charge in [0.1, 0.15) is 0 Å². The fourth-order valence-corrected chi connectivity index (χ4v) is 1.99. The second kappa shape index (κ2) is 5.10. The summed E-state index contributed by atoms with van der Waals surface area (Å²) in [7, 11) is 3.43. The van der Waals surface area contributed by atoms with Gasteiger partial charge in [-0.1, -0.05) is 36.4 Å². The minimum atomic E-state index is 0.625. The maximum absolute atomic E-state index is 5.27. The Hall–Kier alpha value is -1.38. The zero-order chi connectivity index (χ0) is 11.4. The van der Waals surface area contributed by atoms with Crippen molar-refractivity contribution in [3.8, 4) is 0 Å². The largest absolute Gasteiger partial charge is 0.380 e. The van der Waals surface area contributed by atoms with Gasteiger partial charge in [-0.3, -0.25) is 0 Å². The molecule has 0 aromatic heterocycles. The van der Waals surface area contributed by atoms with E-state index in [2.05, 4.69) is 36.4 Å². The standard InChI is InChI=1S/C14H16O2/c1-15-9-12-8-7-11-5-3-4-6-13(11)14(12)10-16-2/h3-8H,9-10H2,1-2H3. The van der Waals surface area contributed by atoms with Crippen LogP contribution in [0.15, 0.2) is 36.4 Å². The van der Waals surface area contributed by atoms with Gasteiger partial charge < -0.3 is 9.47 Å². The van der Waals surface area contributed by atoms with Crippen LogP contribution in [0.2, 0.25) is 0 Å². The van der Waals surface area contributed by atoms with E-state index in [1.165, 1.54) is 21.9 Å². The van der Waals surface area contributed by atoms with Crippen LogP contribution in [-0.2, 0) is 22.7 Å².